The van der Waals surface area contributed by atoms with Gasteiger partial charge < -0.3 is 4.74 Å². The lowest BCUT2D eigenvalue weighted by Crippen LogP contribution is -1.60. The molecule has 0 spiro atoms. The van der Waals surface area contributed by atoms with E-state index in [4.69, 9.17) is 4.74 Å². The molecular weight excluding hydrogens is 52.0 g/mol. The number of epoxide rings is 1. The van der Waals surface area contributed by atoms with Crippen LogP contribution in [-0.2, 0) is 4.74 Å². The van der Waals surface area contributed by atoms with E-state index in [0.717, 1.165) is 6.61 Å². The van der Waals surface area contributed by atoms with Gasteiger partial charge in [-0.25, -0.2) is 0 Å². The predicted octanol–water partition coefficient (Wildman–Crippen LogP) is 0.651. The Labute approximate surface area is 27.1 Å². The zero-order chi connectivity index (χ0) is 2.99. The molecule has 0 amide bonds. The lowest BCUT2D eigenvalue weighted by molar-refractivity contribution is 0.423. The van der Waals surface area contributed by atoms with E-state index in [1.807, 2.05) is 0 Å². The third-order valence-corrected chi connectivity index (χ3v) is 0.500. The molecule has 0 aromatic heterocycles. The molecule has 1 aliphatic rings. The maximum Gasteiger partial charge on any atom is 0.0781 e. The van der Waals surface area contributed by atoms with E-state index in [1.54, 1.807) is 0 Å². The van der Waals surface area contributed by atoms with E-state index in [0.29, 0.717) is 6.10 Å². The number of hydrogen-bond donors (Lipinski definition) is 0. The van der Waals surface area contributed by atoms with Crippen LogP contribution in [0.25, 0.3) is 0 Å². The van der Waals surface area contributed by atoms with E-state index in [-0.39, 0.29) is 1.43 Å². The first-order chi connectivity index (χ1) is 1.89. The minimum absolute atomic E-state index is 0. The normalized spacial score (nSPS) is 39.8. The van der Waals surface area contributed by atoms with E-state index >= 15 is 0 Å². The molecule has 0 unspecified atom stereocenters. The van der Waals surface area contributed by atoms with Crippen molar-refractivity contribution in [3.8, 4) is 0 Å². The van der Waals surface area contributed by atoms with Crippen LogP contribution in [-0.4, -0.2) is 12.7 Å². The highest BCUT2D eigenvalue weighted by Crippen LogP contribution is 2.04. The molecule has 1 heteroatoms. The maximum atomic E-state index is 4.71. The van der Waals surface area contributed by atoms with Crippen LogP contribution in [0.3, 0.4) is 0 Å². The first-order valence-corrected chi connectivity index (χ1v) is 1.51. The van der Waals surface area contributed by atoms with Crippen LogP contribution in [0.5, 0.6) is 0 Å². The summed E-state index contributed by atoms with van der Waals surface area (Å²) in [5.41, 5.74) is 0. The van der Waals surface area contributed by atoms with Crippen molar-refractivity contribution in [1.82, 2.24) is 0 Å². The second-order valence-electron chi connectivity index (χ2n) is 1.14. The third-order valence-electron chi connectivity index (χ3n) is 0.500. The first-order valence-electron chi connectivity index (χ1n) is 1.51. The summed E-state index contributed by atoms with van der Waals surface area (Å²) in [6, 6.07) is 0. The molecule has 1 heterocycles. The monoisotopic (exact) mass is 60.1 g/mol. The van der Waals surface area contributed by atoms with Crippen molar-refractivity contribution in [2.75, 3.05) is 6.61 Å². The number of rotatable bonds is 0. The van der Waals surface area contributed by atoms with Gasteiger partial charge in [0.15, 0.2) is 0 Å². The molecule has 1 atom stereocenters. The molecule has 1 fully saturated rings. The lowest BCUT2D eigenvalue weighted by Gasteiger charge is -1.50. The van der Waals surface area contributed by atoms with E-state index in [1.165, 1.54) is 0 Å². The Hall–Kier alpha value is -0.0400. The van der Waals surface area contributed by atoms with Crippen molar-refractivity contribution in [3.63, 3.8) is 0 Å². The molecule has 0 bridgehead atoms. The molecule has 1 nitrogen and oxygen atoms in total. The quantitative estimate of drug-likeness (QED) is 0.374. The van der Waals surface area contributed by atoms with Crippen LogP contribution < -0.4 is 0 Å². The summed E-state index contributed by atoms with van der Waals surface area (Å²) in [7, 11) is 0. The van der Waals surface area contributed by atoms with Gasteiger partial charge in [-0.15, -0.1) is 0 Å². The number of hydrogen-bond acceptors (Lipinski definition) is 1. The minimum atomic E-state index is 0. The molecule has 0 aromatic carbocycles. The Balaban J connectivity index is 0.000000160. The van der Waals surface area contributed by atoms with Gasteiger partial charge in [-0.1, -0.05) is 0 Å². The molecular formula is C3H8O. The second-order valence-corrected chi connectivity index (χ2v) is 1.14. The van der Waals surface area contributed by atoms with Gasteiger partial charge >= 0.3 is 0 Å². The average Bonchev–Trinajstić information content (AvgIpc) is 1.75. The van der Waals surface area contributed by atoms with Gasteiger partial charge in [-0.3, -0.25) is 0 Å². The lowest BCUT2D eigenvalue weighted by atomic mass is 10.6. The van der Waals surface area contributed by atoms with Crippen molar-refractivity contribution >= 4 is 0 Å². The van der Waals surface area contributed by atoms with Crippen LogP contribution in [0.1, 0.15) is 8.35 Å². The highest BCUT2D eigenvalue weighted by molar-refractivity contribution is 4.58. The van der Waals surface area contributed by atoms with Gasteiger partial charge in [0.1, 0.15) is 0 Å². The van der Waals surface area contributed by atoms with E-state index in [9.17, 15) is 0 Å². The van der Waals surface area contributed by atoms with Gasteiger partial charge in [-0.2, -0.15) is 0 Å². The third kappa shape index (κ3) is 0.206. The van der Waals surface area contributed by atoms with E-state index in [2.05, 4.69) is 6.92 Å². The summed E-state index contributed by atoms with van der Waals surface area (Å²) in [6.45, 7) is 3.04. The zero-order valence-electron chi connectivity index (χ0n) is 2.69. The maximum absolute atomic E-state index is 4.71. The molecule has 1 rings (SSSR count). The van der Waals surface area contributed by atoms with Gasteiger partial charge in [0, 0.05) is 1.43 Å². The van der Waals surface area contributed by atoms with Crippen LogP contribution in [0.15, 0.2) is 0 Å². The summed E-state index contributed by atoms with van der Waals surface area (Å²) >= 11 is 0. The summed E-state index contributed by atoms with van der Waals surface area (Å²) < 4.78 is 4.71. The van der Waals surface area contributed by atoms with Crippen LogP contribution in [0, 0.1) is 0 Å². The van der Waals surface area contributed by atoms with E-state index < -0.39 is 0 Å². The van der Waals surface area contributed by atoms with Crippen molar-refractivity contribution in [1.29, 1.82) is 0 Å². The molecule has 4 heavy (non-hydrogen) atoms. The van der Waals surface area contributed by atoms with Crippen molar-refractivity contribution in [3.05, 3.63) is 0 Å². The molecule has 1 aliphatic heterocycles. The fraction of sp³-hybridized carbons (Fsp3) is 1.00. The first kappa shape index (κ1) is 2.21. The smallest absolute Gasteiger partial charge is 0.0781 e. The average molecular weight is 60.1 g/mol. The predicted molar refractivity (Wildman–Crippen MR) is 17.5 cm³/mol. The molecule has 0 N–H and O–H groups in total. The summed E-state index contributed by atoms with van der Waals surface area (Å²) in [5, 5.41) is 0. The Morgan fingerprint density at radius 3 is 2.50 bits per heavy atom. The summed E-state index contributed by atoms with van der Waals surface area (Å²) in [6.07, 6.45) is 0.583. The van der Waals surface area contributed by atoms with Crippen LogP contribution >= 0.6 is 0 Å². The number of ether oxygens (including phenoxy) is 1. The van der Waals surface area contributed by atoms with Gasteiger partial charge in [-0.05, 0) is 6.92 Å². The molecule has 0 aromatic rings. The molecule has 1 saturated heterocycles. The fourth-order valence-corrected chi connectivity index (χ4v) is 0.0962. The van der Waals surface area contributed by atoms with Crippen molar-refractivity contribution < 1.29 is 6.16 Å². The Kier molecular flexibility index (Phi) is 0.256. The zero-order valence-corrected chi connectivity index (χ0v) is 2.69. The molecule has 0 saturated carbocycles. The molecule has 26 valence electrons. The Bertz CT molecular complexity index is 26.1. The van der Waals surface area contributed by atoms with Gasteiger partial charge in [0.25, 0.3) is 0 Å². The van der Waals surface area contributed by atoms with Crippen molar-refractivity contribution in [2.45, 2.75) is 13.0 Å². The highest BCUT2D eigenvalue weighted by atomic mass is 16.6. The van der Waals surface area contributed by atoms with Gasteiger partial charge in [0.05, 0.1) is 12.7 Å². The van der Waals surface area contributed by atoms with Crippen molar-refractivity contribution in [2.24, 2.45) is 0 Å². The highest BCUT2D eigenvalue weighted by Gasteiger charge is 2.13. The molecule has 0 aliphatic carbocycles. The summed E-state index contributed by atoms with van der Waals surface area (Å²) in [4.78, 5) is 0. The molecule has 0 radical (unpaired) electrons. The van der Waals surface area contributed by atoms with Crippen LogP contribution in [0.4, 0.5) is 0 Å². The summed E-state index contributed by atoms with van der Waals surface area (Å²) in [5.74, 6) is 0. The Morgan fingerprint density at radius 1 is 2.25 bits per heavy atom. The minimum Gasteiger partial charge on any atom is -0.373 e. The van der Waals surface area contributed by atoms with Crippen LogP contribution in [0.2, 0.25) is 0 Å². The SMILES string of the molecule is C[C@H]1CO1.[HH]. The standard InChI is InChI=1S/C3H6O.H2/c1-3-2-4-3;/h3H,2H2,1H3;1H/t3-;/m0./s1. The largest absolute Gasteiger partial charge is 0.373 e. The van der Waals surface area contributed by atoms with Gasteiger partial charge in [0.2, 0.25) is 0 Å². The topological polar surface area (TPSA) is 12.5 Å². The Morgan fingerprint density at radius 2 is 2.50 bits per heavy atom. The fourth-order valence-electron chi connectivity index (χ4n) is 0.0962. The second kappa shape index (κ2) is 0.462.